The SMILES string of the molecule is CCOc1cc(CNc2ccccc2C#N)ccc1O. The van der Waals surface area contributed by atoms with Crippen LogP contribution in [0, 0.1) is 11.3 Å². The number of nitrogens with zero attached hydrogens (tertiary/aromatic N) is 1. The predicted octanol–water partition coefficient (Wildman–Crippen LogP) is 3.27. The van der Waals surface area contributed by atoms with Crippen LogP contribution in [0.3, 0.4) is 0 Å². The molecule has 4 heteroatoms. The van der Waals surface area contributed by atoms with Crippen molar-refractivity contribution in [2.24, 2.45) is 0 Å². The topological polar surface area (TPSA) is 65.3 Å². The van der Waals surface area contributed by atoms with Gasteiger partial charge in [0.25, 0.3) is 0 Å². The summed E-state index contributed by atoms with van der Waals surface area (Å²) in [6.07, 6.45) is 0. The molecule has 0 bridgehead atoms. The molecule has 0 radical (unpaired) electrons. The molecule has 0 aliphatic heterocycles. The third-order valence-electron chi connectivity index (χ3n) is 2.85. The standard InChI is InChI=1S/C16H16N2O2/c1-2-20-16-9-12(7-8-15(16)19)11-18-14-6-4-3-5-13(14)10-17/h3-9,18-19H,2,11H2,1H3. The third-order valence-corrected chi connectivity index (χ3v) is 2.85. The molecule has 0 aliphatic carbocycles. The lowest BCUT2D eigenvalue weighted by Gasteiger charge is -2.11. The number of ether oxygens (including phenoxy) is 1. The number of nitriles is 1. The summed E-state index contributed by atoms with van der Waals surface area (Å²) in [5, 5.41) is 21.9. The summed E-state index contributed by atoms with van der Waals surface area (Å²) in [6.45, 7) is 2.92. The van der Waals surface area contributed by atoms with E-state index in [4.69, 9.17) is 10.00 Å². The van der Waals surface area contributed by atoms with E-state index in [1.807, 2.05) is 31.2 Å². The lowest BCUT2D eigenvalue weighted by atomic mass is 10.1. The van der Waals surface area contributed by atoms with E-state index in [1.165, 1.54) is 0 Å². The number of hydrogen-bond donors (Lipinski definition) is 2. The number of para-hydroxylation sites is 1. The highest BCUT2D eigenvalue weighted by atomic mass is 16.5. The molecular formula is C16H16N2O2. The Balaban J connectivity index is 2.11. The van der Waals surface area contributed by atoms with Crippen molar-refractivity contribution >= 4 is 5.69 Å². The van der Waals surface area contributed by atoms with Crippen LogP contribution in [0.5, 0.6) is 11.5 Å². The first-order valence-electron chi connectivity index (χ1n) is 6.42. The number of phenols is 1. The van der Waals surface area contributed by atoms with Crippen LogP contribution in [-0.4, -0.2) is 11.7 Å². The van der Waals surface area contributed by atoms with Gasteiger partial charge in [0.15, 0.2) is 11.5 Å². The van der Waals surface area contributed by atoms with Crippen molar-refractivity contribution in [1.29, 1.82) is 5.26 Å². The van der Waals surface area contributed by atoms with Crippen LogP contribution in [0.15, 0.2) is 42.5 Å². The fourth-order valence-corrected chi connectivity index (χ4v) is 1.87. The molecule has 0 unspecified atom stereocenters. The van der Waals surface area contributed by atoms with Gasteiger partial charge in [-0.15, -0.1) is 0 Å². The molecular weight excluding hydrogens is 252 g/mol. The van der Waals surface area contributed by atoms with Crippen molar-refractivity contribution in [3.05, 3.63) is 53.6 Å². The summed E-state index contributed by atoms with van der Waals surface area (Å²) in [7, 11) is 0. The molecule has 2 aromatic rings. The van der Waals surface area contributed by atoms with E-state index in [0.29, 0.717) is 24.5 Å². The summed E-state index contributed by atoms with van der Waals surface area (Å²) in [4.78, 5) is 0. The fourth-order valence-electron chi connectivity index (χ4n) is 1.87. The number of phenolic OH excluding ortho intramolecular Hbond substituents is 1. The highest BCUT2D eigenvalue weighted by Gasteiger charge is 2.04. The molecule has 20 heavy (non-hydrogen) atoms. The third kappa shape index (κ3) is 3.21. The maximum absolute atomic E-state index is 9.65. The van der Waals surface area contributed by atoms with Crippen LogP contribution in [-0.2, 0) is 6.54 Å². The van der Waals surface area contributed by atoms with Gasteiger partial charge in [-0.2, -0.15) is 5.26 Å². The monoisotopic (exact) mass is 268 g/mol. The van der Waals surface area contributed by atoms with E-state index in [2.05, 4.69) is 11.4 Å². The maximum atomic E-state index is 9.65. The zero-order valence-corrected chi connectivity index (χ0v) is 11.3. The first-order chi connectivity index (χ1) is 9.74. The molecule has 2 aromatic carbocycles. The summed E-state index contributed by atoms with van der Waals surface area (Å²) in [6, 6.07) is 14.7. The van der Waals surface area contributed by atoms with Gasteiger partial charge in [-0.05, 0) is 36.8 Å². The number of hydrogen-bond acceptors (Lipinski definition) is 4. The molecule has 2 rings (SSSR count). The Labute approximate surface area is 118 Å². The van der Waals surface area contributed by atoms with Crippen LogP contribution in [0.1, 0.15) is 18.1 Å². The Morgan fingerprint density at radius 3 is 2.80 bits per heavy atom. The van der Waals surface area contributed by atoms with E-state index in [9.17, 15) is 5.11 Å². The van der Waals surface area contributed by atoms with Gasteiger partial charge in [-0.3, -0.25) is 0 Å². The Kier molecular flexibility index (Phi) is 4.46. The number of nitrogens with one attached hydrogen (secondary N) is 1. The van der Waals surface area contributed by atoms with Gasteiger partial charge in [0, 0.05) is 6.54 Å². The van der Waals surface area contributed by atoms with E-state index in [1.54, 1.807) is 18.2 Å². The molecule has 4 nitrogen and oxygen atoms in total. The second-order valence-corrected chi connectivity index (χ2v) is 4.25. The number of rotatable bonds is 5. The molecule has 0 fully saturated rings. The largest absolute Gasteiger partial charge is 0.504 e. The maximum Gasteiger partial charge on any atom is 0.161 e. The van der Waals surface area contributed by atoms with Crippen molar-refractivity contribution in [1.82, 2.24) is 0 Å². The number of benzene rings is 2. The zero-order chi connectivity index (χ0) is 14.4. The Hall–Kier alpha value is -2.67. The van der Waals surface area contributed by atoms with E-state index < -0.39 is 0 Å². The average molecular weight is 268 g/mol. The van der Waals surface area contributed by atoms with Crippen LogP contribution in [0.4, 0.5) is 5.69 Å². The van der Waals surface area contributed by atoms with Gasteiger partial charge < -0.3 is 15.2 Å². The van der Waals surface area contributed by atoms with Crippen LogP contribution in [0.25, 0.3) is 0 Å². The minimum Gasteiger partial charge on any atom is -0.504 e. The van der Waals surface area contributed by atoms with Crippen molar-refractivity contribution in [2.75, 3.05) is 11.9 Å². The average Bonchev–Trinajstić information content (AvgIpc) is 2.48. The quantitative estimate of drug-likeness (QED) is 0.873. The first-order valence-corrected chi connectivity index (χ1v) is 6.42. The van der Waals surface area contributed by atoms with Crippen molar-refractivity contribution in [3.8, 4) is 17.6 Å². The lowest BCUT2D eigenvalue weighted by molar-refractivity contribution is 0.318. The van der Waals surface area contributed by atoms with E-state index in [0.717, 1.165) is 11.3 Å². The molecule has 0 saturated carbocycles. The Morgan fingerprint density at radius 1 is 1.25 bits per heavy atom. The van der Waals surface area contributed by atoms with E-state index in [-0.39, 0.29) is 5.75 Å². The van der Waals surface area contributed by atoms with Crippen LogP contribution < -0.4 is 10.1 Å². The fraction of sp³-hybridized carbons (Fsp3) is 0.188. The smallest absolute Gasteiger partial charge is 0.161 e. The summed E-state index contributed by atoms with van der Waals surface area (Å²) < 4.78 is 5.34. The molecule has 2 N–H and O–H groups in total. The van der Waals surface area contributed by atoms with Gasteiger partial charge in [0.1, 0.15) is 6.07 Å². The van der Waals surface area contributed by atoms with Gasteiger partial charge in [-0.1, -0.05) is 18.2 Å². The minimum absolute atomic E-state index is 0.132. The van der Waals surface area contributed by atoms with Gasteiger partial charge in [0.2, 0.25) is 0 Å². The zero-order valence-electron chi connectivity index (χ0n) is 11.3. The summed E-state index contributed by atoms with van der Waals surface area (Å²) >= 11 is 0. The molecule has 0 amide bonds. The second-order valence-electron chi connectivity index (χ2n) is 4.25. The van der Waals surface area contributed by atoms with Gasteiger partial charge in [-0.25, -0.2) is 0 Å². The predicted molar refractivity (Wildman–Crippen MR) is 77.8 cm³/mol. The molecule has 0 saturated heterocycles. The van der Waals surface area contributed by atoms with Gasteiger partial charge >= 0.3 is 0 Å². The van der Waals surface area contributed by atoms with Crippen molar-refractivity contribution in [3.63, 3.8) is 0 Å². The van der Waals surface area contributed by atoms with Crippen molar-refractivity contribution in [2.45, 2.75) is 13.5 Å². The van der Waals surface area contributed by atoms with Crippen LogP contribution in [0.2, 0.25) is 0 Å². The molecule has 0 aliphatic rings. The van der Waals surface area contributed by atoms with Crippen molar-refractivity contribution < 1.29 is 9.84 Å². The minimum atomic E-state index is 0.132. The molecule has 102 valence electrons. The Morgan fingerprint density at radius 2 is 2.05 bits per heavy atom. The highest BCUT2D eigenvalue weighted by molar-refractivity contribution is 5.57. The summed E-state index contributed by atoms with van der Waals surface area (Å²) in [5.74, 6) is 0.605. The number of anilines is 1. The number of aromatic hydroxyl groups is 1. The molecule has 0 atom stereocenters. The summed E-state index contributed by atoms with van der Waals surface area (Å²) in [5.41, 5.74) is 2.37. The molecule has 0 spiro atoms. The lowest BCUT2D eigenvalue weighted by Crippen LogP contribution is -2.02. The highest BCUT2D eigenvalue weighted by Crippen LogP contribution is 2.27. The Bertz CT molecular complexity index is 633. The van der Waals surface area contributed by atoms with Gasteiger partial charge in [0.05, 0.1) is 17.9 Å². The second kappa shape index (κ2) is 6.48. The first kappa shape index (κ1) is 13.8. The normalized spacial score (nSPS) is 9.80. The van der Waals surface area contributed by atoms with E-state index >= 15 is 0 Å². The molecule has 0 aromatic heterocycles. The molecule has 0 heterocycles. The van der Waals surface area contributed by atoms with Crippen LogP contribution >= 0.6 is 0 Å².